The van der Waals surface area contributed by atoms with E-state index in [0.717, 1.165) is 29.8 Å². The van der Waals surface area contributed by atoms with Crippen LogP contribution < -0.4 is 11.1 Å². The van der Waals surface area contributed by atoms with Crippen LogP contribution in [0.25, 0.3) is 17.1 Å². The first kappa shape index (κ1) is 34.7. The number of nitrogens with two attached hydrogens (primary N) is 1. The lowest BCUT2D eigenvalue weighted by atomic mass is 10.0. The Morgan fingerprint density at radius 2 is 1.64 bits per heavy atom. The Balaban J connectivity index is 0.00000102. The summed E-state index contributed by atoms with van der Waals surface area (Å²) in [6.45, 7) is 6.34. The van der Waals surface area contributed by atoms with E-state index in [1.54, 1.807) is 54.7 Å². The summed E-state index contributed by atoms with van der Waals surface area (Å²) in [5.74, 6) is -2.76. The van der Waals surface area contributed by atoms with Crippen molar-refractivity contribution in [1.29, 1.82) is 0 Å². The molecule has 1 unspecified atom stereocenters. The van der Waals surface area contributed by atoms with E-state index >= 15 is 0 Å². The van der Waals surface area contributed by atoms with Gasteiger partial charge in [-0.05, 0) is 55.1 Å². The average Bonchev–Trinajstić information content (AvgIpc) is 3.42. The smallest absolute Gasteiger partial charge is 0.287 e. The monoisotopic (exact) mass is 638 g/mol. The van der Waals surface area contributed by atoms with Crippen LogP contribution in [-0.4, -0.2) is 75.6 Å². The first-order valence-corrected chi connectivity index (χ1v) is 15.8. The Bertz CT molecular complexity index is 1720. The fourth-order valence-corrected chi connectivity index (χ4v) is 4.40. The molecular weight excluding hydrogens is 603 g/mol. The molecule has 238 valence electrons. The number of aromatic nitrogens is 3. The van der Waals surface area contributed by atoms with E-state index in [9.17, 15) is 27.2 Å². The molecule has 1 atom stereocenters. The molecule has 0 saturated carbocycles. The normalized spacial score (nSPS) is 11.8. The Morgan fingerprint density at radius 1 is 1.02 bits per heavy atom. The van der Waals surface area contributed by atoms with Crippen LogP contribution in [0.15, 0.2) is 79.1 Å². The number of primary amides is 1. The number of ketones is 1. The predicted molar refractivity (Wildman–Crippen MR) is 166 cm³/mol. The van der Waals surface area contributed by atoms with E-state index in [1.807, 2.05) is 6.07 Å². The molecule has 2 amide bonds. The molecule has 2 aromatic carbocycles. The van der Waals surface area contributed by atoms with Crippen LogP contribution in [0.2, 0.25) is 0 Å². The number of carbonyl (C=O) groups is 3. The van der Waals surface area contributed by atoms with Crippen LogP contribution in [0.5, 0.6) is 0 Å². The fraction of sp³-hybridized carbons (Fsp3) is 0.258. The zero-order valence-electron chi connectivity index (χ0n) is 25.1. The number of nitrogens with zero attached hydrogens (tertiary/aromatic N) is 4. The third-order valence-corrected chi connectivity index (χ3v) is 6.59. The van der Waals surface area contributed by atoms with E-state index in [-0.39, 0.29) is 23.6 Å². The van der Waals surface area contributed by atoms with Gasteiger partial charge in [0.05, 0.1) is 17.5 Å². The highest BCUT2D eigenvalue weighted by Gasteiger charge is 2.27. The van der Waals surface area contributed by atoms with Gasteiger partial charge in [0, 0.05) is 36.5 Å². The molecule has 0 aliphatic rings. The van der Waals surface area contributed by atoms with E-state index in [2.05, 4.69) is 29.0 Å². The SMILES string of the molecule is CCN(CC)Cc1cn(-c2ncccc2C(=O)NC(Cc2ccccc2)C(=O)C(N)=O)nc1-c1ccc(F)cc1.CS(=O)(=O)O. The van der Waals surface area contributed by atoms with E-state index in [4.69, 9.17) is 15.4 Å². The second-order valence-corrected chi connectivity index (χ2v) is 11.4. The van der Waals surface area contributed by atoms with Gasteiger partial charge in [0.2, 0.25) is 5.78 Å². The molecule has 0 fully saturated rings. The van der Waals surface area contributed by atoms with Crippen molar-refractivity contribution >= 4 is 27.7 Å². The van der Waals surface area contributed by atoms with Crippen molar-refractivity contribution in [2.45, 2.75) is 32.9 Å². The molecule has 45 heavy (non-hydrogen) atoms. The first-order valence-electron chi connectivity index (χ1n) is 13.9. The standard InChI is InChI=1S/C30H31FN6O3.CH4O3S/c1-3-36(4-2)18-22-19-37(35-26(22)21-12-14-23(31)15-13-21)29-24(11-8-16-33-29)30(40)34-25(27(38)28(32)39)17-20-9-6-5-7-10-20;1-5(2,3)4/h5-16,19,25H,3-4,17-18H2,1-2H3,(H2,32,39)(H,34,40);1H3,(H,2,3,4). The molecule has 2 aromatic heterocycles. The van der Waals surface area contributed by atoms with Crippen LogP contribution in [0, 0.1) is 5.82 Å². The van der Waals surface area contributed by atoms with Crippen LogP contribution >= 0.6 is 0 Å². The molecule has 14 heteroatoms. The summed E-state index contributed by atoms with van der Waals surface area (Å²) in [5.41, 5.74) is 8.42. The fourth-order valence-electron chi connectivity index (χ4n) is 4.40. The lowest BCUT2D eigenvalue weighted by Crippen LogP contribution is -2.47. The van der Waals surface area contributed by atoms with Crippen molar-refractivity contribution < 1.29 is 31.7 Å². The highest BCUT2D eigenvalue weighted by atomic mass is 32.2. The van der Waals surface area contributed by atoms with Crippen molar-refractivity contribution in [3.8, 4) is 17.1 Å². The van der Waals surface area contributed by atoms with E-state index in [0.29, 0.717) is 18.5 Å². The Kier molecular flexibility index (Phi) is 12.2. The van der Waals surface area contributed by atoms with Gasteiger partial charge in [-0.15, -0.1) is 0 Å². The Morgan fingerprint density at radius 3 is 2.22 bits per heavy atom. The molecular formula is C31H35FN6O6S. The molecule has 0 aliphatic heterocycles. The number of carbonyl (C=O) groups excluding carboxylic acids is 3. The number of halogens is 1. The highest BCUT2D eigenvalue weighted by molar-refractivity contribution is 7.85. The van der Waals surface area contributed by atoms with E-state index < -0.39 is 33.8 Å². The Labute approximate surface area is 260 Å². The second-order valence-electron chi connectivity index (χ2n) is 9.97. The molecule has 0 aliphatic carbocycles. The van der Waals surface area contributed by atoms with Gasteiger partial charge in [0.15, 0.2) is 5.82 Å². The van der Waals surface area contributed by atoms with Crippen molar-refractivity contribution in [2.24, 2.45) is 5.73 Å². The lowest BCUT2D eigenvalue weighted by Gasteiger charge is -2.17. The number of Topliss-reactive ketones (excluding diaryl/α,β-unsaturated/α-hetero) is 1. The van der Waals surface area contributed by atoms with Crippen molar-refractivity contribution in [3.05, 3.63) is 102 Å². The van der Waals surface area contributed by atoms with Crippen LogP contribution in [0.1, 0.15) is 35.3 Å². The number of hydrogen-bond donors (Lipinski definition) is 3. The number of benzene rings is 2. The first-order chi connectivity index (χ1) is 21.3. The summed E-state index contributed by atoms with van der Waals surface area (Å²) in [6.07, 6.45) is 4.14. The van der Waals surface area contributed by atoms with Gasteiger partial charge in [-0.3, -0.25) is 23.8 Å². The van der Waals surface area contributed by atoms with Crippen LogP contribution in [0.3, 0.4) is 0 Å². The zero-order chi connectivity index (χ0) is 33.1. The maximum absolute atomic E-state index is 13.6. The summed E-state index contributed by atoms with van der Waals surface area (Å²) < 4.78 is 41.0. The quantitative estimate of drug-likeness (QED) is 0.156. The molecule has 0 bridgehead atoms. The minimum Gasteiger partial charge on any atom is -0.363 e. The van der Waals surface area contributed by atoms with Gasteiger partial charge in [0.1, 0.15) is 11.9 Å². The van der Waals surface area contributed by atoms with Gasteiger partial charge < -0.3 is 11.1 Å². The summed E-state index contributed by atoms with van der Waals surface area (Å²) in [5, 5.41) is 7.40. The minimum absolute atomic E-state index is 0.0917. The largest absolute Gasteiger partial charge is 0.363 e. The van der Waals surface area contributed by atoms with Crippen molar-refractivity contribution in [3.63, 3.8) is 0 Å². The molecule has 0 radical (unpaired) electrons. The van der Waals surface area contributed by atoms with Crippen LogP contribution in [-0.2, 0) is 32.7 Å². The summed E-state index contributed by atoms with van der Waals surface area (Å²) in [7, 11) is -3.67. The number of amides is 2. The minimum atomic E-state index is -3.67. The number of hydrogen-bond acceptors (Lipinski definition) is 8. The van der Waals surface area contributed by atoms with Crippen LogP contribution in [0.4, 0.5) is 4.39 Å². The van der Waals surface area contributed by atoms with Gasteiger partial charge in [-0.25, -0.2) is 14.1 Å². The summed E-state index contributed by atoms with van der Waals surface area (Å²) >= 11 is 0. The third-order valence-electron chi connectivity index (χ3n) is 6.59. The third kappa shape index (κ3) is 10.4. The number of rotatable bonds is 12. The van der Waals surface area contributed by atoms with E-state index in [1.165, 1.54) is 23.0 Å². The maximum atomic E-state index is 13.6. The summed E-state index contributed by atoms with van der Waals surface area (Å²) in [6, 6.07) is 17.1. The molecule has 0 saturated heterocycles. The van der Waals surface area contributed by atoms with Gasteiger partial charge >= 0.3 is 0 Å². The van der Waals surface area contributed by atoms with Gasteiger partial charge in [-0.2, -0.15) is 13.5 Å². The number of pyridine rings is 1. The number of nitrogens with one attached hydrogen (secondary N) is 1. The molecule has 12 nitrogen and oxygen atoms in total. The molecule has 2 heterocycles. The molecule has 4 N–H and O–H groups in total. The highest BCUT2D eigenvalue weighted by Crippen LogP contribution is 2.26. The second kappa shape index (κ2) is 15.8. The Hall–Kier alpha value is -4.79. The van der Waals surface area contributed by atoms with Gasteiger partial charge in [-0.1, -0.05) is 44.2 Å². The topological polar surface area (TPSA) is 178 Å². The maximum Gasteiger partial charge on any atom is 0.287 e. The van der Waals surface area contributed by atoms with Crippen molar-refractivity contribution in [2.75, 3.05) is 19.3 Å². The zero-order valence-corrected chi connectivity index (χ0v) is 25.9. The lowest BCUT2D eigenvalue weighted by molar-refractivity contribution is -0.137. The van der Waals surface area contributed by atoms with Gasteiger partial charge in [0.25, 0.3) is 21.9 Å². The molecule has 0 spiro atoms. The summed E-state index contributed by atoms with van der Waals surface area (Å²) in [4.78, 5) is 44.5. The molecule has 4 aromatic rings. The predicted octanol–water partition coefficient (Wildman–Crippen LogP) is 2.81. The molecule has 4 rings (SSSR count). The van der Waals surface area contributed by atoms with Crippen molar-refractivity contribution in [1.82, 2.24) is 25.0 Å². The average molecular weight is 639 g/mol.